The number of nitrogens with zero attached hydrogens (tertiary/aromatic N) is 4. The van der Waals surface area contributed by atoms with Gasteiger partial charge in [0.2, 0.25) is 0 Å². The zero-order valence-corrected chi connectivity index (χ0v) is 15.1. The van der Waals surface area contributed by atoms with Crippen LogP contribution in [-0.4, -0.2) is 20.2 Å². The fourth-order valence-corrected chi connectivity index (χ4v) is 3.13. The summed E-state index contributed by atoms with van der Waals surface area (Å²) in [5.41, 5.74) is 1.71. The number of tetrazole rings is 1. The Hall–Kier alpha value is -1.44. The molecule has 0 saturated carbocycles. The van der Waals surface area contributed by atoms with Crippen LogP contribution in [0.15, 0.2) is 51.4 Å². The molecule has 0 radical (unpaired) electrons. The second-order valence-electron chi connectivity index (χ2n) is 4.44. The maximum atomic E-state index is 6.19. The quantitative estimate of drug-likeness (QED) is 0.647. The van der Waals surface area contributed by atoms with Crippen molar-refractivity contribution in [2.45, 2.75) is 6.54 Å². The van der Waals surface area contributed by atoms with Gasteiger partial charge in [0, 0.05) is 8.95 Å². The topological polar surface area (TPSA) is 55.6 Å². The molecule has 0 bridgehead atoms. The van der Waals surface area contributed by atoms with E-state index in [2.05, 4.69) is 52.7 Å². The third-order valence-corrected chi connectivity index (χ3v) is 4.46. The fourth-order valence-electron chi connectivity index (χ4n) is 1.93. The molecule has 1 N–H and O–H groups in total. The molecule has 0 fully saturated rings. The van der Waals surface area contributed by atoms with E-state index >= 15 is 0 Å². The molecule has 3 rings (SSSR count). The summed E-state index contributed by atoms with van der Waals surface area (Å²) < 4.78 is 3.54. The maximum absolute atomic E-state index is 6.19. The summed E-state index contributed by atoms with van der Waals surface area (Å²) in [4.78, 5) is 0. The predicted molar refractivity (Wildman–Crippen MR) is 93.3 cm³/mol. The summed E-state index contributed by atoms with van der Waals surface area (Å²) in [5, 5.41) is 15.7. The second kappa shape index (κ2) is 6.76. The number of aromatic nitrogens is 4. The van der Waals surface area contributed by atoms with Gasteiger partial charge in [0.05, 0.1) is 22.9 Å². The molecule has 1 heterocycles. The molecule has 0 atom stereocenters. The third-order valence-electron chi connectivity index (χ3n) is 2.98. The Kier molecular flexibility index (Phi) is 4.75. The van der Waals surface area contributed by atoms with E-state index in [1.165, 1.54) is 0 Å². The van der Waals surface area contributed by atoms with Gasteiger partial charge in [0.25, 0.3) is 0 Å². The fraction of sp³-hybridized carbons (Fsp3) is 0.0714. The number of benzene rings is 2. The highest BCUT2D eigenvalue weighted by Crippen LogP contribution is 2.26. The highest BCUT2D eigenvalue weighted by molar-refractivity contribution is 9.10. The Bertz CT molecular complexity index is 805. The van der Waals surface area contributed by atoms with Crippen molar-refractivity contribution in [2.24, 2.45) is 0 Å². The highest BCUT2D eigenvalue weighted by atomic mass is 79.9. The van der Waals surface area contributed by atoms with E-state index in [1.54, 1.807) is 4.68 Å². The standard InChI is InChI=1S/C14H10Br2ClN5/c15-9-5-6-12(11(17)7-9)18-8-14-19-20-21-22(14)13-4-2-1-3-10(13)16/h1-7,18H,8H2. The molecule has 22 heavy (non-hydrogen) atoms. The van der Waals surface area contributed by atoms with Crippen molar-refractivity contribution < 1.29 is 0 Å². The molecule has 0 aliphatic heterocycles. The summed E-state index contributed by atoms with van der Waals surface area (Å²) >= 11 is 13.1. The van der Waals surface area contributed by atoms with Gasteiger partial charge in [-0.25, -0.2) is 0 Å². The van der Waals surface area contributed by atoms with Crippen LogP contribution in [0.2, 0.25) is 5.02 Å². The van der Waals surface area contributed by atoms with E-state index < -0.39 is 0 Å². The van der Waals surface area contributed by atoms with Crippen LogP contribution in [0.3, 0.4) is 0 Å². The molecule has 3 aromatic rings. The molecule has 5 nitrogen and oxygen atoms in total. The monoisotopic (exact) mass is 441 g/mol. The maximum Gasteiger partial charge on any atom is 0.175 e. The van der Waals surface area contributed by atoms with E-state index in [9.17, 15) is 0 Å². The molecule has 0 spiro atoms. The molecule has 0 aliphatic carbocycles. The smallest absolute Gasteiger partial charge is 0.175 e. The molecule has 0 unspecified atom stereocenters. The summed E-state index contributed by atoms with van der Waals surface area (Å²) in [7, 11) is 0. The average Bonchev–Trinajstić information content (AvgIpc) is 2.95. The van der Waals surface area contributed by atoms with Crippen LogP contribution in [0, 0.1) is 0 Å². The molecule has 8 heteroatoms. The first-order valence-electron chi connectivity index (χ1n) is 6.36. The number of hydrogen-bond acceptors (Lipinski definition) is 4. The van der Waals surface area contributed by atoms with Gasteiger partial charge in [0.1, 0.15) is 0 Å². The number of anilines is 1. The van der Waals surface area contributed by atoms with Crippen LogP contribution < -0.4 is 5.32 Å². The average molecular weight is 444 g/mol. The lowest BCUT2D eigenvalue weighted by molar-refractivity contribution is 0.765. The van der Waals surface area contributed by atoms with Gasteiger partial charge in [0.15, 0.2) is 5.82 Å². The van der Waals surface area contributed by atoms with E-state index in [0.717, 1.165) is 20.3 Å². The van der Waals surface area contributed by atoms with Crippen LogP contribution >= 0.6 is 43.5 Å². The molecular weight excluding hydrogens is 433 g/mol. The largest absolute Gasteiger partial charge is 0.376 e. The minimum absolute atomic E-state index is 0.454. The minimum atomic E-state index is 0.454. The first-order chi connectivity index (χ1) is 10.6. The number of rotatable bonds is 4. The molecule has 0 amide bonds. The lowest BCUT2D eigenvalue weighted by Gasteiger charge is -2.10. The normalized spacial score (nSPS) is 10.7. The van der Waals surface area contributed by atoms with Crippen LogP contribution in [0.4, 0.5) is 5.69 Å². The summed E-state index contributed by atoms with van der Waals surface area (Å²) in [6.07, 6.45) is 0. The zero-order valence-electron chi connectivity index (χ0n) is 11.2. The predicted octanol–water partition coefficient (Wildman–Crippen LogP) is 4.45. The van der Waals surface area contributed by atoms with Gasteiger partial charge in [-0.1, -0.05) is 39.7 Å². The highest BCUT2D eigenvalue weighted by Gasteiger charge is 2.11. The number of hydrogen-bond donors (Lipinski definition) is 1. The summed E-state index contributed by atoms with van der Waals surface area (Å²) in [5.74, 6) is 0.686. The van der Waals surface area contributed by atoms with Gasteiger partial charge in [-0.3, -0.25) is 0 Å². The SMILES string of the molecule is Clc1cc(Br)ccc1NCc1nnnn1-c1ccccc1Br. The lowest BCUT2D eigenvalue weighted by Crippen LogP contribution is -2.09. The summed E-state index contributed by atoms with van der Waals surface area (Å²) in [6, 6.07) is 13.4. The number of nitrogens with one attached hydrogen (secondary N) is 1. The van der Waals surface area contributed by atoms with Crippen LogP contribution in [0.25, 0.3) is 5.69 Å². The molecule has 2 aromatic carbocycles. The Balaban J connectivity index is 1.83. The zero-order chi connectivity index (χ0) is 15.5. The van der Waals surface area contributed by atoms with Crippen LogP contribution in [-0.2, 0) is 6.54 Å². The van der Waals surface area contributed by atoms with Gasteiger partial charge in [-0.2, -0.15) is 4.68 Å². The Labute approximate surface area is 148 Å². The first kappa shape index (κ1) is 15.5. The van der Waals surface area contributed by atoms with Gasteiger partial charge in [-0.05, 0) is 56.7 Å². The van der Waals surface area contributed by atoms with E-state index in [4.69, 9.17) is 11.6 Å². The Morgan fingerprint density at radius 3 is 2.73 bits per heavy atom. The number of halogens is 3. The molecule has 0 saturated heterocycles. The van der Waals surface area contributed by atoms with Crippen molar-refractivity contribution in [3.8, 4) is 5.69 Å². The van der Waals surface area contributed by atoms with Crippen molar-refractivity contribution >= 4 is 49.1 Å². The lowest BCUT2D eigenvalue weighted by atomic mass is 10.3. The van der Waals surface area contributed by atoms with Crippen molar-refractivity contribution in [1.82, 2.24) is 20.2 Å². The van der Waals surface area contributed by atoms with Crippen molar-refractivity contribution in [1.29, 1.82) is 0 Å². The van der Waals surface area contributed by atoms with Gasteiger partial charge in [-0.15, -0.1) is 5.10 Å². The molecule has 1 aromatic heterocycles. The Morgan fingerprint density at radius 1 is 1.14 bits per heavy atom. The molecular formula is C14H10Br2ClN5. The van der Waals surface area contributed by atoms with E-state index in [-0.39, 0.29) is 0 Å². The first-order valence-corrected chi connectivity index (χ1v) is 8.32. The second-order valence-corrected chi connectivity index (χ2v) is 6.61. The molecule has 0 aliphatic rings. The number of para-hydroxylation sites is 1. The Morgan fingerprint density at radius 2 is 1.95 bits per heavy atom. The minimum Gasteiger partial charge on any atom is -0.376 e. The van der Waals surface area contributed by atoms with Crippen molar-refractivity contribution in [3.63, 3.8) is 0 Å². The van der Waals surface area contributed by atoms with E-state index in [1.807, 2.05) is 42.5 Å². The van der Waals surface area contributed by atoms with E-state index in [0.29, 0.717) is 17.4 Å². The van der Waals surface area contributed by atoms with Crippen molar-refractivity contribution in [3.05, 3.63) is 62.3 Å². The van der Waals surface area contributed by atoms with Crippen LogP contribution in [0.1, 0.15) is 5.82 Å². The van der Waals surface area contributed by atoms with Gasteiger partial charge < -0.3 is 5.32 Å². The van der Waals surface area contributed by atoms with Crippen LogP contribution in [0.5, 0.6) is 0 Å². The third kappa shape index (κ3) is 3.31. The van der Waals surface area contributed by atoms with Gasteiger partial charge >= 0.3 is 0 Å². The summed E-state index contributed by atoms with van der Waals surface area (Å²) in [6.45, 7) is 0.454. The molecule has 112 valence electrons. The van der Waals surface area contributed by atoms with Crippen molar-refractivity contribution in [2.75, 3.05) is 5.32 Å².